The van der Waals surface area contributed by atoms with Crippen molar-refractivity contribution in [2.24, 2.45) is 11.7 Å². The highest BCUT2D eigenvalue weighted by molar-refractivity contribution is 5.92. The van der Waals surface area contributed by atoms with Crippen LogP contribution in [0.5, 0.6) is 0 Å². The lowest BCUT2D eigenvalue weighted by Gasteiger charge is -2.21. The Hall–Kier alpha value is -3.40. The molecule has 4 rings (SSSR count). The smallest absolute Gasteiger partial charge is 0.341 e. The average molecular weight is 432 g/mol. The van der Waals surface area contributed by atoms with Crippen LogP contribution in [0.1, 0.15) is 23.7 Å². The first kappa shape index (κ1) is 20.9. The summed E-state index contributed by atoms with van der Waals surface area (Å²) in [5.74, 6) is -4.11. The van der Waals surface area contributed by atoms with Gasteiger partial charge in [0.25, 0.3) is 0 Å². The van der Waals surface area contributed by atoms with Gasteiger partial charge in [0.15, 0.2) is 17.3 Å². The van der Waals surface area contributed by atoms with Crippen molar-refractivity contribution in [1.82, 2.24) is 9.55 Å². The average Bonchev–Trinajstić information content (AvgIpc) is 3.19. The summed E-state index contributed by atoms with van der Waals surface area (Å²) >= 11 is 0. The molecule has 0 bridgehead atoms. The number of nitrogens with zero attached hydrogens (tertiary/aromatic N) is 3. The van der Waals surface area contributed by atoms with Crippen molar-refractivity contribution >= 4 is 22.8 Å². The Balaban J connectivity index is 1.98. The Bertz CT molecular complexity index is 1260. The van der Waals surface area contributed by atoms with E-state index < -0.39 is 34.4 Å². The SMILES string of the molecule is C[C@H](N)C1CCN(c2nc3c(cc2F)c(=O)c(C(=O)O)cn3-c2ccc(F)cc2F)C1. The quantitative estimate of drug-likeness (QED) is 0.658. The molecule has 2 aromatic heterocycles. The Morgan fingerprint density at radius 1 is 1.26 bits per heavy atom. The molecule has 31 heavy (non-hydrogen) atoms. The van der Waals surface area contributed by atoms with E-state index in [-0.39, 0.29) is 34.5 Å². The number of hydrogen-bond acceptors (Lipinski definition) is 5. The predicted molar refractivity (Wildman–Crippen MR) is 108 cm³/mol. The Morgan fingerprint density at radius 3 is 2.61 bits per heavy atom. The van der Waals surface area contributed by atoms with Crippen molar-refractivity contribution in [2.45, 2.75) is 19.4 Å². The van der Waals surface area contributed by atoms with Crippen LogP contribution in [-0.4, -0.2) is 39.8 Å². The monoisotopic (exact) mass is 432 g/mol. The van der Waals surface area contributed by atoms with Gasteiger partial charge in [0, 0.05) is 31.4 Å². The molecule has 0 saturated carbocycles. The summed E-state index contributed by atoms with van der Waals surface area (Å²) in [4.78, 5) is 30.1. The highest BCUT2D eigenvalue weighted by Crippen LogP contribution is 2.29. The lowest BCUT2D eigenvalue weighted by molar-refractivity contribution is 0.0695. The minimum absolute atomic E-state index is 0.0469. The summed E-state index contributed by atoms with van der Waals surface area (Å²) in [5, 5.41) is 9.06. The van der Waals surface area contributed by atoms with Gasteiger partial charge in [-0.2, -0.15) is 0 Å². The fourth-order valence-corrected chi connectivity index (χ4v) is 3.86. The van der Waals surface area contributed by atoms with E-state index in [1.54, 1.807) is 4.90 Å². The molecule has 0 radical (unpaired) electrons. The molecule has 3 heterocycles. The van der Waals surface area contributed by atoms with E-state index in [0.717, 1.165) is 35.4 Å². The fourth-order valence-electron chi connectivity index (χ4n) is 3.86. The first-order valence-electron chi connectivity index (χ1n) is 9.62. The summed E-state index contributed by atoms with van der Waals surface area (Å²) in [6, 6.07) is 3.51. The molecule has 0 aliphatic carbocycles. The van der Waals surface area contributed by atoms with E-state index in [9.17, 15) is 27.9 Å². The van der Waals surface area contributed by atoms with Gasteiger partial charge >= 0.3 is 5.97 Å². The molecular weight excluding hydrogens is 413 g/mol. The fraction of sp³-hybridized carbons (Fsp3) is 0.286. The zero-order valence-electron chi connectivity index (χ0n) is 16.5. The van der Waals surface area contributed by atoms with Crippen LogP contribution in [0.2, 0.25) is 0 Å². The molecule has 3 N–H and O–H groups in total. The van der Waals surface area contributed by atoms with Crippen molar-refractivity contribution in [3.63, 3.8) is 0 Å². The van der Waals surface area contributed by atoms with Gasteiger partial charge in [-0.05, 0) is 37.5 Å². The number of pyridine rings is 2. The highest BCUT2D eigenvalue weighted by atomic mass is 19.1. The van der Waals surface area contributed by atoms with Crippen LogP contribution in [0.4, 0.5) is 19.0 Å². The number of halogens is 3. The van der Waals surface area contributed by atoms with E-state index in [2.05, 4.69) is 4.98 Å². The van der Waals surface area contributed by atoms with Gasteiger partial charge in [-0.3, -0.25) is 9.36 Å². The number of anilines is 1. The van der Waals surface area contributed by atoms with E-state index in [4.69, 9.17) is 5.73 Å². The van der Waals surface area contributed by atoms with Crippen LogP contribution in [-0.2, 0) is 0 Å². The van der Waals surface area contributed by atoms with Crippen LogP contribution in [0.15, 0.2) is 35.3 Å². The summed E-state index contributed by atoms with van der Waals surface area (Å²) in [7, 11) is 0. The van der Waals surface area contributed by atoms with Crippen molar-refractivity contribution in [3.05, 3.63) is 63.7 Å². The maximum atomic E-state index is 14.9. The van der Waals surface area contributed by atoms with E-state index in [0.29, 0.717) is 19.2 Å². The first-order chi connectivity index (χ1) is 14.7. The number of carbonyl (C=O) groups is 1. The Morgan fingerprint density at radius 2 is 2.00 bits per heavy atom. The maximum absolute atomic E-state index is 14.9. The minimum Gasteiger partial charge on any atom is -0.477 e. The Kier molecular flexibility index (Phi) is 5.18. The topological polar surface area (TPSA) is 101 Å². The number of nitrogens with two attached hydrogens (primary N) is 1. The number of aromatic nitrogens is 2. The summed E-state index contributed by atoms with van der Waals surface area (Å²) in [6.45, 7) is 2.81. The van der Waals surface area contributed by atoms with E-state index in [1.807, 2.05) is 6.92 Å². The molecule has 10 heteroatoms. The van der Waals surface area contributed by atoms with Crippen LogP contribution < -0.4 is 16.1 Å². The van der Waals surface area contributed by atoms with Gasteiger partial charge < -0.3 is 15.7 Å². The molecule has 7 nitrogen and oxygen atoms in total. The number of carboxylic acid groups (broad SMARTS) is 1. The van der Waals surface area contributed by atoms with Gasteiger partial charge in [-0.1, -0.05) is 0 Å². The number of benzene rings is 1. The number of fused-ring (bicyclic) bond motifs is 1. The second-order valence-corrected chi connectivity index (χ2v) is 7.66. The molecular formula is C21H19F3N4O3. The molecule has 1 aromatic carbocycles. The number of hydrogen-bond donors (Lipinski definition) is 2. The second-order valence-electron chi connectivity index (χ2n) is 7.66. The standard InChI is InChI=1S/C21H19F3N4O3/c1-10(25)11-4-5-27(8-11)20-16(24)7-13-18(29)14(21(30)31)9-28(19(13)26-20)17-3-2-12(22)6-15(17)23/h2-3,6-7,9-11H,4-5,8,25H2,1H3,(H,30,31)/t10-,11?/m0/s1. The molecule has 3 aromatic rings. The van der Waals surface area contributed by atoms with Gasteiger partial charge in [-0.25, -0.2) is 22.9 Å². The van der Waals surface area contributed by atoms with Crippen molar-refractivity contribution in [1.29, 1.82) is 0 Å². The third kappa shape index (κ3) is 3.63. The molecule has 1 fully saturated rings. The third-order valence-corrected chi connectivity index (χ3v) is 5.58. The van der Waals surface area contributed by atoms with Gasteiger partial charge in [0.05, 0.1) is 11.1 Å². The summed E-state index contributed by atoms with van der Waals surface area (Å²) in [6.07, 6.45) is 1.64. The molecule has 1 aliphatic heterocycles. The van der Waals surface area contributed by atoms with E-state index in [1.165, 1.54) is 0 Å². The normalized spacial score (nSPS) is 17.3. The molecule has 0 amide bonds. The molecule has 1 saturated heterocycles. The zero-order valence-corrected chi connectivity index (χ0v) is 16.5. The number of carboxylic acids is 1. The lowest BCUT2D eigenvalue weighted by atomic mass is 10.0. The summed E-state index contributed by atoms with van der Waals surface area (Å²) in [5.41, 5.74) is 3.94. The predicted octanol–water partition coefficient (Wildman–Crippen LogP) is 2.67. The lowest BCUT2D eigenvalue weighted by Crippen LogP contribution is -2.30. The summed E-state index contributed by atoms with van der Waals surface area (Å²) < 4.78 is 43.9. The highest BCUT2D eigenvalue weighted by Gasteiger charge is 2.29. The van der Waals surface area contributed by atoms with Crippen molar-refractivity contribution in [2.75, 3.05) is 18.0 Å². The molecule has 162 valence electrons. The van der Waals surface area contributed by atoms with Gasteiger partial charge in [0.2, 0.25) is 5.43 Å². The van der Waals surface area contributed by atoms with Crippen LogP contribution >= 0.6 is 0 Å². The maximum Gasteiger partial charge on any atom is 0.341 e. The molecule has 0 spiro atoms. The van der Waals surface area contributed by atoms with Crippen molar-refractivity contribution < 1.29 is 23.1 Å². The largest absolute Gasteiger partial charge is 0.477 e. The zero-order chi connectivity index (χ0) is 22.4. The minimum atomic E-state index is -1.56. The Labute approximate surface area is 174 Å². The molecule has 2 atom stereocenters. The third-order valence-electron chi connectivity index (χ3n) is 5.58. The molecule has 1 unspecified atom stereocenters. The molecule has 1 aliphatic rings. The number of aromatic carboxylic acids is 1. The second kappa shape index (κ2) is 7.69. The van der Waals surface area contributed by atoms with E-state index >= 15 is 0 Å². The van der Waals surface area contributed by atoms with Crippen molar-refractivity contribution in [3.8, 4) is 5.69 Å². The number of rotatable bonds is 4. The van der Waals surface area contributed by atoms with Crippen LogP contribution in [0, 0.1) is 23.4 Å². The van der Waals surface area contributed by atoms with Gasteiger partial charge in [-0.15, -0.1) is 0 Å². The van der Waals surface area contributed by atoms with Crippen LogP contribution in [0.3, 0.4) is 0 Å². The van der Waals surface area contributed by atoms with Gasteiger partial charge in [0.1, 0.15) is 17.2 Å². The first-order valence-corrected chi connectivity index (χ1v) is 9.62. The van der Waals surface area contributed by atoms with Crippen LogP contribution in [0.25, 0.3) is 16.7 Å².